The third-order valence-electron chi connectivity index (χ3n) is 2.56. The van der Waals surface area contributed by atoms with E-state index in [0.717, 1.165) is 0 Å². The number of carboxylic acids is 1. The van der Waals surface area contributed by atoms with Crippen molar-refractivity contribution in [2.45, 2.75) is 13.3 Å². The van der Waals surface area contributed by atoms with Crippen LogP contribution in [0.1, 0.15) is 12.5 Å². The molecule has 1 aromatic rings. The lowest BCUT2D eigenvalue weighted by atomic mass is 10.00. The molecule has 0 bridgehead atoms. The fourth-order valence-corrected chi connectivity index (χ4v) is 2.38. The molecule has 0 aliphatic rings. The Kier molecular flexibility index (Phi) is 4.95. The minimum atomic E-state index is -0.940. The molecule has 0 saturated heterocycles. The molecule has 0 aliphatic heterocycles. The fourth-order valence-electron chi connectivity index (χ4n) is 1.61. The van der Waals surface area contributed by atoms with Crippen LogP contribution < -0.4 is 9.47 Å². The Morgan fingerprint density at radius 3 is 2.44 bits per heavy atom. The summed E-state index contributed by atoms with van der Waals surface area (Å²) in [6, 6.07) is 1.24. The Morgan fingerprint density at radius 2 is 2.00 bits per heavy atom. The van der Waals surface area contributed by atoms with Gasteiger partial charge in [-0.2, -0.15) is 0 Å². The molecule has 0 fully saturated rings. The number of hydrogen-bond donors (Lipinski definition) is 1. The van der Waals surface area contributed by atoms with Crippen molar-refractivity contribution in [3.8, 4) is 11.5 Å². The van der Waals surface area contributed by atoms with Gasteiger partial charge in [0.15, 0.2) is 11.6 Å². The van der Waals surface area contributed by atoms with E-state index >= 15 is 0 Å². The smallest absolute Gasteiger partial charge is 0.306 e. The summed E-state index contributed by atoms with van der Waals surface area (Å²) in [6.45, 7) is 1.55. The summed E-state index contributed by atoms with van der Waals surface area (Å²) in [5, 5.41) is 8.88. The quantitative estimate of drug-likeness (QED) is 0.906. The number of methoxy groups -OCH3 is 2. The molecule has 0 spiro atoms. The molecule has 1 aromatic carbocycles. The average molecular weight is 321 g/mol. The Bertz CT molecular complexity index is 462. The maximum absolute atomic E-state index is 13.7. The lowest BCUT2D eigenvalue weighted by molar-refractivity contribution is -0.141. The van der Waals surface area contributed by atoms with Crippen LogP contribution in [0.25, 0.3) is 0 Å². The maximum Gasteiger partial charge on any atom is 0.306 e. The van der Waals surface area contributed by atoms with Gasteiger partial charge < -0.3 is 14.6 Å². The normalized spacial score (nSPS) is 12.1. The molecular weight excluding hydrogens is 307 g/mol. The standard InChI is InChI=1S/C12H14BrFO4/c1-6(12(15)16)4-7-5-8(14)11(18-3)9(13)10(7)17-2/h5-6H,4H2,1-3H3,(H,15,16). The minimum Gasteiger partial charge on any atom is -0.495 e. The van der Waals surface area contributed by atoms with Gasteiger partial charge in [-0.1, -0.05) is 6.92 Å². The average Bonchev–Trinajstić information content (AvgIpc) is 2.29. The highest BCUT2D eigenvalue weighted by Crippen LogP contribution is 2.40. The van der Waals surface area contributed by atoms with E-state index in [4.69, 9.17) is 14.6 Å². The lowest BCUT2D eigenvalue weighted by Gasteiger charge is -2.15. The summed E-state index contributed by atoms with van der Waals surface area (Å²) in [6.07, 6.45) is 0.179. The second-order valence-electron chi connectivity index (χ2n) is 3.84. The number of rotatable bonds is 5. The fraction of sp³-hybridized carbons (Fsp3) is 0.417. The molecule has 0 aromatic heterocycles. The molecule has 0 aliphatic carbocycles. The van der Waals surface area contributed by atoms with E-state index in [0.29, 0.717) is 15.8 Å². The Morgan fingerprint density at radius 1 is 1.44 bits per heavy atom. The molecule has 1 rings (SSSR count). The first-order chi connectivity index (χ1) is 8.42. The molecule has 1 unspecified atom stereocenters. The first-order valence-electron chi connectivity index (χ1n) is 5.24. The molecule has 0 heterocycles. The van der Waals surface area contributed by atoms with Crippen LogP contribution in [0.5, 0.6) is 11.5 Å². The Balaban J connectivity index is 3.24. The van der Waals surface area contributed by atoms with Crippen LogP contribution in [-0.2, 0) is 11.2 Å². The number of benzene rings is 1. The first kappa shape index (κ1) is 14.8. The summed E-state index contributed by atoms with van der Waals surface area (Å²) in [7, 11) is 2.79. The van der Waals surface area contributed by atoms with Crippen LogP contribution in [0.3, 0.4) is 0 Å². The van der Waals surface area contributed by atoms with Crippen molar-refractivity contribution in [3.05, 3.63) is 21.9 Å². The number of aliphatic carboxylic acids is 1. The van der Waals surface area contributed by atoms with Crippen molar-refractivity contribution in [1.82, 2.24) is 0 Å². The molecule has 0 saturated carbocycles. The Hall–Kier alpha value is -1.30. The second kappa shape index (κ2) is 6.04. The van der Waals surface area contributed by atoms with Gasteiger partial charge in [0.1, 0.15) is 10.2 Å². The van der Waals surface area contributed by atoms with Gasteiger partial charge in [0, 0.05) is 0 Å². The maximum atomic E-state index is 13.7. The summed E-state index contributed by atoms with van der Waals surface area (Å²) in [4.78, 5) is 10.8. The van der Waals surface area contributed by atoms with Crippen molar-refractivity contribution in [3.63, 3.8) is 0 Å². The predicted molar refractivity (Wildman–Crippen MR) is 67.7 cm³/mol. The van der Waals surface area contributed by atoms with Gasteiger partial charge in [-0.25, -0.2) is 4.39 Å². The Labute approximate surface area is 113 Å². The number of halogens is 2. The highest BCUT2D eigenvalue weighted by Gasteiger charge is 2.21. The van der Waals surface area contributed by atoms with E-state index in [-0.39, 0.29) is 12.2 Å². The van der Waals surface area contributed by atoms with Gasteiger partial charge in [0.05, 0.1) is 20.1 Å². The monoisotopic (exact) mass is 320 g/mol. The molecule has 0 amide bonds. The molecule has 1 N–H and O–H groups in total. The van der Waals surface area contributed by atoms with E-state index in [1.54, 1.807) is 6.92 Å². The zero-order chi connectivity index (χ0) is 13.9. The molecule has 18 heavy (non-hydrogen) atoms. The van der Waals surface area contributed by atoms with Gasteiger partial charge in [-0.3, -0.25) is 4.79 Å². The van der Waals surface area contributed by atoms with Crippen LogP contribution in [-0.4, -0.2) is 25.3 Å². The third-order valence-corrected chi connectivity index (χ3v) is 3.28. The summed E-state index contributed by atoms with van der Waals surface area (Å²) in [5.74, 6) is -1.69. The number of carboxylic acid groups (broad SMARTS) is 1. The van der Waals surface area contributed by atoms with E-state index in [9.17, 15) is 9.18 Å². The molecule has 100 valence electrons. The number of carbonyl (C=O) groups is 1. The van der Waals surface area contributed by atoms with Crippen LogP contribution >= 0.6 is 15.9 Å². The van der Waals surface area contributed by atoms with Gasteiger partial charge in [-0.15, -0.1) is 0 Å². The van der Waals surface area contributed by atoms with E-state index in [1.165, 1.54) is 20.3 Å². The first-order valence-corrected chi connectivity index (χ1v) is 6.03. The topological polar surface area (TPSA) is 55.8 Å². The molecule has 0 radical (unpaired) electrons. The minimum absolute atomic E-state index is 0.0404. The van der Waals surface area contributed by atoms with Gasteiger partial charge in [-0.05, 0) is 34.0 Å². The largest absolute Gasteiger partial charge is 0.495 e. The third kappa shape index (κ3) is 2.93. The van der Waals surface area contributed by atoms with E-state index in [2.05, 4.69) is 15.9 Å². The number of ether oxygens (including phenoxy) is 2. The highest BCUT2D eigenvalue weighted by atomic mass is 79.9. The molecule has 6 heteroatoms. The lowest BCUT2D eigenvalue weighted by Crippen LogP contribution is -2.13. The predicted octanol–water partition coefficient (Wildman–Crippen LogP) is 2.87. The van der Waals surface area contributed by atoms with Gasteiger partial charge >= 0.3 is 5.97 Å². The summed E-state index contributed by atoms with van der Waals surface area (Å²) >= 11 is 3.19. The van der Waals surface area contributed by atoms with Gasteiger partial charge in [0.2, 0.25) is 0 Å². The molecule has 4 nitrogen and oxygen atoms in total. The van der Waals surface area contributed by atoms with Gasteiger partial charge in [0.25, 0.3) is 0 Å². The van der Waals surface area contributed by atoms with Crippen LogP contribution in [0, 0.1) is 11.7 Å². The SMILES string of the molecule is COc1c(F)cc(CC(C)C(=O)O)c(OC)c1Br. The molecule has 1 atom stereocenters. The van der Waals surface area contributed by atoms with Crippen molar-refractivity contribution in [1.29, 1.82) is 0 Å². The number of hydrogen-bond acceptors (Lipinski definition) is 3. The highest BCUT2D eigenvalue weighted by molar-refractivity contribution is 9.10. The van der Waals surface area contributed by atoms with E-state index < -0.39 is 17.7 Å². The van der Waals surface area contributed by atoms with Crippen LogP contribution in [0.4, 0.5) is 4.39 Å². The van der Waals surface area contributed by atoms with Crippen LogP contribution in [0.2, 0.25) is 0 Å². The van der Waals surface area contributed by atoms with Crippen LogP contribution in [0.15, 0.2) is 10.5 Å². The zero-order valence-corrected chi connectivity index (χ0v) is 11.9. The van der Waals surface area contributed by atoms with E-state index in [1.807, 2.05) is 0 Å². The summed E-state index contributed by atoms with van der Waals surface area (Å²) < 4.78 is 24.1. The zero-order valence-electron chi connectivity index (χ0n) is 10.3. The van der Waals surface area contributed by atoms with Crippen molar-refractivity contribution < 1.29 is 23.8 Å². The summed E-state index contributed by atoms with van der Waals surface area (Å²) in [5.41, 5.74) is 0.484. The van der Waals surface area contributed by atoms with Crippen molar-refractivity contribution in [2.24, 2.45) is 5.92 Å². The van der Waals surface area contributed by atoms with Crippen molar-refractivity contribution in [2.75, 3.05) is 14.2 Å². The second-order valence-corrected chi connectivity index (χ2v) is 4.63. The van der Waals surface area contributed by atoms with Crippen molar-refractivity contribution >= 4 is 21.9 Å². The molecular formula is C12H14BrFO4.